The molecule has 0 spiro atoms. The molecule has 1 aromatic rings. The van der Waals surface area contributed by atoms with E-state index in [4.69, 9.17) is 9.47 Å². The molecule has 1 heterocycles. The Morgan fingerprint density at radius 3 is 2.71 bits per heavy atom. The molecule has 0 aliphatic carbocycles. The molecule has 0 radical (unpaired) electrons. The van der Waals surface area contributed by atoms with Crippen LogP contribution in [-0.2, 0) is 4.79 Å². The fourth-order valence-electron chi connectivity index (χ4n) is 2.95. The molecule has 0 aromatic heterocycles. The summed E-state index contributed by atoms with van der Waals surface area (Å²) in [5.41, 5.74) is 1.08. The highest BCUT2D eigenvalue weighted by atomic mass is 16.5. The first-order valence-electron chi connectivity index (χ1n) is 7.58. The maximum Gasteiger partial charge on any atom is 0.223 e. The number of benzene rings is 1. The van der Waals surface area contributed by atoms with E-state index in [1.807, 2.05) is 23.1 Å². The maximum absolute atomic E-state index is 12.4. The first kappa shape index (κ1) is 15.7. The third-order valence-electron chi connectivity index (χ3n) is 3.96. The second-order valence-corrected chi connectivity index (χ2v) is 5.95. The molecule has 1 aromatic carbocycles. The van der Waals surface area contributed by atoms with Crippen molar-refractivity contribution in [1.82, 2.24) is 4.90 Å². The third-order valence-corrected chi connectivity index (χ3v) is 3.96. The summed E-state index contributed by atoms with van der Waals surface area (Å²) in [6.45, 7) is 5.00. The SMILES string of the molecule is COc1ccc(C2CCCN2C(=O)CC(C)C)c(OC)c1. The minimum Gasteiger partial charge on any atom is -0.497 e. The van der Waals surface area contributed by atoms with Gasteiger partial charge in [-0.3, -0.25) is 4.79 Å². The Morgan fingerprint density at radius 2 is 2.10 bits per heavy atom. The first-order chi connectivity index (χ1) is 10.1. The molecule has 4 nitrogen and oxygen atoms in total. The first-order valence-corrected chi connectivity index (χ1v) is 7.58. The molecule has 2 rings (SSSR count). The summed E-state index contributed by atoms with van der Waals surface area (Å²) in [5.74, 6) is 2.19. The van der Waals surface area contributed by atoms with Crippen LogP contribution in [0.3, 0.4) is 0 Å². The summed E-state index contributed by atoms with van der Waals surface area (Å²) in [7, 11) is 3.30. The Hall–Kier alpha value is -1.71. The zero-order valence-corrected chi connectivity index (χ0v) is 13.4. The lowest BCUT2D eigenvalue weighted by Crippen LogP contribution is -2.31. The van der Waals surface area contributed by atoms with Gasteiger partial charge in [-0.05, 0) is 30.9 Å². The highest BCUT2D eigenvalue weighted by molar-refractivity contribution is 5.77. The Kier molecular flexibility index (Phi) is 5.10. The molecule has 21 heavy (non-hydrogen) atoms. The lowest BCUT2D eigenvalue weighted by molar-refractivity contribution is -0.132. The van der Waals surface area contributed by atoms with Crippen molar-refractivity contribution in [1.29, 1.82) is 0 Å². The molecular weight excluding hydrogens is 266 g/mol. The Labute approximate surface area is 127 Å². The van der Waals surface area contributed by atoms with Crippen LogP contribution in [0.4, 0.5) is 0 Å². The number of rotatable bonds is 5. The standard InChI is InChI=1S/C17H25NO3/c1-12(2)10-17(19)18-9-5-6-15(18)14-8-7-13(20-3)11-16(14)21-4/h7-8,11-12,15H,5-6,9-10H2,1-4H3. The van der Waals surface area contributed by atoms with Crippen LogP contribution in [0.2, 0.25) is 0 Å². The van der Waals surface area contributed by atoms with Crippen molar-refractivity contribution >= 4 is 5.91 Å². The number of hydrogen-bond donors (Lipinski definition) is 0. The van der Waals surface area contributed by atoms with E-state index in [1.165, 1.54) is 0 Å². The predicted octanol–water partition coefficient (Wildman–Crippen LogP) is 3.41. The molecular formula is C17H25NO3. The van der Waals surface area contributed by atoms with Crippen LogP contribution >= 0.6 is 0 Å². The fraction of sp³-hybridized carbons (Fsp3) is 0.588. The lowest BCUT2D eigenvalue weighted by Gasteiger charge is -2.27. The van der Waals surface area contributed by atoms with Crippen LogP contribution in [-0.4, -0.2) is 31.6 Å². The molecule has 1 fully saturated rings. The number of nitrogens with zero attached hydrogens (tertiary/aromatic N) is 1. The van der Waals surface area contributed by atoms with Gasteiger partial charge in [0.2, 0.25) is 5.91 Å². The summed E-state index contributed by atoms with van der Waals surface area (Å²) in [5, 5.41) is 0. The van der Waals surface area contributed by atoms with Gasteiger partial charge in [0.1, 0.15) is 11.5 Å². The van der Waals surface area contributed by atoms with Gasteiger partial charge >= 0.3 is 0 Å². The van der Waals surface area contributed by atoms with E-state index in [0.717, 1.165) is 36.4 Å². The normalized spacial score (nSPS) is 18.1. The van der Waals surface area contributed by atoms with Gasteiger partial charge in [-0.2, -0.15) is 0 Å². The molecule has 0 bridgehead atoms. The average Bonchev–Trinajstić information content (AvgIpc) is 2.95. The molecule has 1 amide bonds. The summed E-state index contributed by atoms with van der Waals surface area (Å²) in [6, 6.07) is 5.96. The summed E-state index contributed by atoms with van der Waals surface area (Å²) < 4.78 is 10.7. The number of carbonyl (C=O) groups is 1. The van der Waals surface area contributed by atoms with Crippen molar-refractivity contribution < 1.29 is 14.3 Å². The minimum atomic E-state index is 0.122. The zero-order chi connectivity index (χ0) is 15.4. The van der Waals surface area contributed by atoms with Crippen LogP contribution in [0, 0.1) is 5.92 Å². The number of likely N-dealkylation sites (tertiary alicyclic amines) is 1. The molecule has 0 saturated carbocycles. The van der Waals surface area contributed by atoms with Gasteiger partial charge in [0.25, 0.3) is 0 Å². The van der Waals surface area contributed by atoms with E-state index in [2.05, 4.69) is 13.8 Å². The van der Waals surface area contributed by atoms with Gasteiger partial charge in [0, 0.05) is 24.6 Å². The van der Waals surface area contributed by atoms with E-state index in [-0.39, 0.29) is 11.9 Å². The van der Waals surface area contributed by atoms with Gasteiger partial charge in [-0.15, -0.1) is 0 Å². The van der Waals surface area contributed by atoms with Gasteiger partial charge < -0.3 is 14.4 Å². The number of ether oxygens (including phenoxy) is 2. The second kappa shape index (κ2) is 6.83. The monoisotopic (exact) mass is 291 g/mol. The van der Waals surface area contributed by atoms with E-state index in [9.17, 15) is 4.79 Å². The van der Waals surface area contributed by atoms with Crippen molar-refractivity contribution in [3.05, 3.63) is 23.8 Å². The van der Waals surface area contributed by atoms with Gasteiger partial charge in [0.05, 0.1) is 20.3 Å². The van der Waals surface area contributed by atoms with Crippen molar-refractivity contribution in [2.75, 3.05) is 20.8 Å². The van der Waals surface area contributed by atoms with Gasteiger partial charge in [-0.1, -0.05) is 13.8 Å². The van der Waals surface area contributed by atoms with Crippen molar-refractivity contribution in [3.63, 3.8) is 0 Å². The Bertz CT molecular complexity index is 499. The molecule has 0 N–H and O–H groups in total. The molecule has 1 aliphatic rings. The number of amides is 1. The average molecular weight is 291 g/mol. The molecule has 4 heteroatoms. The van der Waals surface area contributed by atoms with E-state index < -0.39 is 0 Å². The summed E-state index contributed by atoms with van der Waals surface area (Å²) in [6.07, 6.45) is 2.64. The topological polar surface area (TPSA) is 38.8 Å². The molecule has 1 aliphatic heterocycles. The van der Waals surface area contributed by atoms with Crippen LogP contribution < -0.4 is 9.47 Å². The highest BCUT2D eigenvalue weighted by Crippen LogP contribution is 2.39. The molecule has 1 saturated heterocycles. The van der Waals surface area contributed by atoms with Crippen LogP contribution in [0.25, 0.3) is 0 Å². The fourth-order valence-corrected chi connectivity index (χ4v) is 2.95. The summed E-state index contributed by atoms with van der Waals surface area (Å²) >= 11 is 0. The minimum absolute atomic E-state index is 0.122. The predicted molar refractivity (Wildman–Crippen MR) is 82.7 cm³/mol. The van der Waals surface area contributed by atoms with Crippen molar-refractivity contribution in [3.8, 4) is 11.5 Å². The number of carbonyl (C=O) groups excluding carboxylic acids is 1. The Balaban J connectivity index is 2.25. The Morgan fingerprint density at radius 1 is 1.33 bits per heavy atom. The largest absolute Gasteiger partial charge is 0.497 e. The van der Waals surface area contributed by atoms with Gasteiger partial charge in [-0.25, -0.2) is 0 Å². The molecule has 1 atom stereocenters. The molecule has 116 valence electrons. The van der Waals surface area contributed by atoms with E-state index >= 15 is 0 Å². The zero-order valence-electron chi connectivity index (χ0n) is 13.4. The van der Waals surface area contributed by atoms with Crippen LogP contribution in [0.5, 0.6) is 11.5 Å². The maximum atomic E-state index is 12.4. The molecule has 1 unspecified atom stereocenters. The lowest BCUT2D eigenvalue weighted by atomic mass is 10.0. The summed E-state index contributed by atoms with van der Waals surface area (Å²) in [4.78, 5) is 14.4. The van der Waals surface area contributed by atoms with Crippen LogP contribution in [0.15, 0.2) is 18.2 Å². The number of methoxy groups -OCH3 is 2. The van der Waals surface area contributed by atoms with E-state index in [1.54, 1.807) is 14.2 Å². The second-order valence-electron chi connectivity index (χ2n) is 5.95. The third kappa shape index (κ3) is 3.49. The highest BCUT2D eigenvalue weighted by Gasteiger charge is 2.31. The van der Waals surface area contributed by atoms with Crippen molar-refractivity contribution in [2.24, 2.45) is 5.92 Å². The van der Waals surface area contributed by atoms with Crippen molar-refractivity contribution in [2.45, 2.75) is 39.2 Å². The van der Waals surface area contributed by atoms with Crippen LogP contribution in [0.1, 0.15) is 44.7 Å². The smallest absolute Gasteiger partial charge is 0.223 e. The van der Waals surface area contributed by atoms with E-state index in [0.29, 0.717) is 12.3 Å². The quantitative estimate of drug-likeness (QED) is 0.834. The number of hydrogen-bond acceptors (Lipinski definition) is 3. The van der Waals surface area contributed by atoms with Gasteiger partial charge in [0.15, 0.2) is 0 Å².